The average molecular weight is 401 g/mol. The lowest BCUT2D eigenvalue weighted by atomic mass is 10.2. The SMILES string of the molecule is CC(=O)Nc1cc(C(=O)Nc2sccc2S(=O)(=O)c2ccccc2)ccn1. The first-order chi connectivity index (χ1) is 12.9. The van der Waals surface area contributed by atoms with Gasteiger partial charge in [-0.25, -0.2) is 13.4 Å². The van der Waals surface area contributed by atoms with Gasteiger partial charge in [-0.05, 0) is 35.7 Å². The Bertz CT molecular complexity index is 1090. The fourth-order valence-electron chi connectivity index (χ4n) is 2.32. The standard InChI is InChI=1S/C18H15N3O4S2/c1-12(22)20-16-11-13(7-9-19-16)17(23)21-18-15(8-10-26-18)27(24,25)14-5-3-2-4-6-14/h2-11H,1H3,(H,21,23)(H,19,20,22). The molecule has 0 spiro atoms. The van der Waals surface area contributed by atoms with Crippen LogP contribution in [0.5, 0.6) is 0 Å². The van der Waals surface area contributed by atoms with Crippen molar-refractivity contribution in [3.63, 3.8) is 0 Å². The molecule has 2 heterocycles. The third kappa shape index (κ3) is 4.21. The molecular weight excluding hydrogens is 386 g/mol. The molecule has 0 unspecified atom stereocenters. The van der Waals surface area contributed by atoms with Crippen LogP contribution in [0.3, 0.4) is 0 Å². The van der Waals surface area contributed by atoms with Crippen LogP contribution in [0, 0.1) is 0 Å². The summed E-state index contributed by atoms with van der Waals surface area (Å²) in [5, 5.41) is 6.94. The zero-order chi connectivity index (χ0) is 19.4. The largest absolute Gasteiger partial charge is 0.312 e. The quantitative estimate of drug-likeness (QED) is 0.683. The van der Waals surface area contributed by atoms with Crippen LogP contribution in [0.25, 0.3) is 0 Å². The minimum Gasteiger partial charge on any atom is -0.312 e. The number of anilines is 2. The van der Waals surface area contributed by atoms with Crippen LogP contribution in [-0.4, -0.2) is 25.2 Å². The van der Waals surface area contributed by atoms with Crippen LogP contribution in [-0.2, 0) is 14.6 Å². The molecule has 0 fully saturated rings. The number of benzene rings is 1. The minimum absolute atomic E-state index is 0.0307. The van der Waals surface area contributed by atoms with Gasteiger partial charge >= 0.3 is 0 Å². The Labute approximate surface area is 160 Å². The molecule has 2 aromatic heterocycles. The summed E-state index contributed by atoms with van der Waals surface area (Å²) in [4.78, 5) is 27.8. The topological polar surface area (TPSA) is 105 Å². The smallest absolute Gasteiger partial charge is 0.256 e. The fraction of sp³-hybridized carbons (Fsp3) is 0.0556. The Kier molecular flexibility index (Phi) is 5.33. The van der Waals surface area contributed by atoms with Gasteiger partial charge in [0.15, 0.2) is 0 Å². The summed E-state index contributed by atoms with van der Waals surface area (Å²) < 4.78 is 25.6. The third-order valence-electron chi connectivity index (χ3n) is 3.53. The molecular formula is C18H15N3O4S2. The van der Waals surface area contributed by atoms with E-state index in [9.17, 15) is 18.0 Å². The summed E-state index contributed by atoms with van der Waals surface area (Å²) in [6.45, 7) is 1.33. The second kappa shape index (κ2) is 7.68. The van der Waals surface area contributed by atoms with E-state index in [1.165, 1.54) is 43.5 Å². The predicted octanol–water partition coefficient (Wildman–Crippen LogP) is 3.19. The Balaban J connectivity index is 1.87. The van der Waals surface area contributed by atoms with Crippen molar-refractivity contribution in [1.29, 1.82) is 0 Å². The highest BCUT2D eigenvalue weighted by Crippen LogP contribution is 2.32. The molecule has 3 rings (SSSR count). The molecule has 138 valence electrons. The number of nitrogens with one attached hydrogen (secondary N) is 2. The molecule has 27 heavy (non-hydrogen) atoms. The zero-order valence-electron chi connectivity index (χ0n) is 14.2. The monoisotopic (exact) mass is 401 g/mol. The molecule has 0 radical (unpaired) electrons. The highest BCUT2D eigenvalue weighted by Gasteiger charge is 2.23. The number of rotatable bonds is 5. The highest BCUT2D eigenvalue weighted by molar-refractivity contribution is 7.91. The van der Waals surface area contributed by atoms with Gasteiger partial charge in [0.05, 0.1) is 4.90 Å². The van der Waals surface area contributed by atoms with Gasteiger partial charge in [-0.1, -0.05) is 18.2 Å². The fourth-order valence-corrected chi connectivity index (χ4v) is 4.87. The maximum atomic E-state index is 12.8. The Morgan fingerprint density at radius 2 is 1.78 bits per heavy atom. The normalized spacial score (nSPS) is 11.0. The molecule has 0 aliphatic heterocycles. The zero-order valence-corrected chi connectivity index (χ0v) is 15.8. The van der Waals surface area contributed by atoms with E-state index in [0.717, 1.165) is 11.3 Å². The van der Waals surface area contributed by atoms with Crippen molar-refractivity contribution in [3.8, 4) is 0 Å². The lowest BCUT2D eigenvalue weighted by Crippen LogP contribution is -2.15. The van der Waals surface area contributed by atoms with Crippen LogP contribution >= 0.6 is 11.3 Å². The number of hydrogen-bond donors (Lipinski definition) is 2. The van der Waals surface area contributed by atoms with E-state index in [2.05, 4.69) is 15.6 Å². The van der Waals surface area contributed by atoms with Gasteiger partial charge in [0.2, 0.25) is 15.7 Å². The van der Waals surface area contributed by atoms with Gasteiger partial charge in [0.25, 0.3) is 5.91 Å². The first-order valence-corrected chi connectivity index (χ1v) is 10.2. The molecule has 9 heteroatoms. The van der Waals surface area contributed by atoms with Crippen LogP contribution in [0.15, 0.2) is 69.9 Å². The van der Waals surface area contributed by atoms with Gasteiger partial charge in [-0.15, -0.1) is 11.3 Å². The van der Waals surface area contributed by atoms with Gasteiger partial charge in [-0.3, -0.25) is 9.59 Å². The number of aromatic nitrogens is 1. The van der Waals surface area contributed by atoms with Gasteiger partial charge in [0, 0.05) is 18.7 Å². The molecule has 1 aromatic carbocycles. The van der Waals surface area contributed by atoms with E-state index in [-0.39, 0.29) is 32.1 Å². The summed E-state index contributed by atoms with van der Waals surface area (Å²) in [6, 6.07) is 12.3. The Morgan fingerprint density at radius 1 is 1.04 bits per heavy atom. The number of hydrogen-bond acceptors (Lipinski definition) is 6. The molecule has 2 amide bonds. The number of nitrogens with zero attached hydrogens (tertiary/aromatic N) is 1. The molecule has 0 atom stereocenters. The van der Waals surface area contributed by atoms with Crippen LogP contribution < -0.4 is 10.6 Å². The van der Waals surface area contributed by atoms with Gasteiger partial charge < -0.3 is 10.6 Å². The lowest BCUT2D eigenvalue weighted by Gasteiger charge is -2.08. The van der Waals surface area contributed by atoms with E-state index in [1.807, 2.05) is 0 Å². The Morgan fingerprint density at radius 3 is 2.48 bits per heavy atom. The van der Waals surface area contributed by atoms with Crippen molar-refractivity contribution in [1.82, 2.24) is 4.98 Å². The van der Waals surface area contributed by atoms with E-state index in [4.69, 9.17) is 0 Å². The third-order valence-corrected chi connectivity index (χ3v) is 6.30. The van der Waals surface area contributed by atoms with Crippen molar-refractivity contribution in [2.75, 3.05) is 10.6 Å². The molecule has 0 bridgehead atoms. The van der Waals surface area contributed by atoms with Crippen LogP contribution in [0.2, 0.25) is 0 Å². The summed E-state index contributed by atoms with van der Waals surface area (Å²) in [5.41, 5.74) is 0.241. The van der Waals surface area contributed by atoms with E-state index >= 15 is 0 Å². The number of thiophene rings is 1. The number of carbonyl (C=O) groups is 2. The van der Waals surface area contributed by atoms with Gasteiger partial charge in [0.1, 0.15) is 15.7 Å². The minimum atomic E-state index is -3.75. The molecule has 7 nitrogen and oxygen atoms in total. The lowest BCUT2D eigenvalue weighted by molar-refractivity contribution is -0.114. The first-order valence-electron chi connectivity index (χ1n) is 7.80. The molecule has 0 aliphatic rings. The molecule has 3 aromatic rings. The predicted molar refractivity (Wildman–Crippen MR) is 103 cm³/mol. The summed E-state index contributed by atoms with van der Waals surface area (Å²) in [6.07, 6.45) is 1.39. The molecule has 0 aliphatic carbocycles. The highest BCUT2D eigenvalue weighted by atomic mass is 32.2. The van der Waals surface area contributed by atoms with Crippen molar-refractivity contribution in [2.45, 2.75) is 16.7 Å². The molecule has 2 N–H and O–H groups in total. The van der Waals surface area contributed by atoms with Crippen molar-refractivity contribution < 1.29 is 18.0 Å². The molecule has 0 saturated heterocycles. The summed E-state index contributed by atoms with van der Waals surface area (Å²) in [5.74, 6) is -0.580. The van der Waals surface area contributed by atoms with Crippen LogP contribution in [0.4, 0.5) is 10.8 Å². The van der Waals surface area contributed by atoms with Crippen molar-refractivity contribution >= 4 is 43.8 Å². The maximum Gasteiger partial charge on any atom is 0.256 e. The van der Waals surface area contributed by atoms with Gasteiger partial charge in [-0.2, -0.15) is 0 Å². The van der Waals surface area contributed by atoms with E-state index < -0.39 is 15.7 Å². The molecule has 0 saturated carbocycles. The van der Waals surface area contributed by atoms with Crippen LogP contribution in [0.1, 0.15) is 17.3 Å². The van der Waals surface area contributed by atoms with E-state index in [0.29, 0.717) is 0 Å². The number of sulfone groups is 1. The number of pyridine rings is 1. The average Bonchev–Trinajstić information content (AvgIpc) is 3.11. The van der Waals surface area contributed by atoms with Crippen molar-refractivity contribution in [2.24, 2.45) is 0 Å². The second-order valence-corrected chi connectivity index (χ2v) is 8.33. The summed E-state index contributed by atoms with van der Waals surface area (Å²) >= 11 is 1.11. The maximum absolute atomic E-state index is 12.8. The number of amides is 2. The van der Waals surface area contributed by atoms with Crippen molar-refractivity contribution in [3.05, 3.63) is 65.7 Å². The Hall–Kier alpha value is -3.04. The number of carbonyl (C=O) groups excluding carboxylic acids is 2. The second-order valence-electron chi connectivity index (χ2n) is 5.50. The van der Waals surface area contributed by atoms with E-state index in [1.54, 1.807) is 23.6 Å². The summed E-state index contributed by atoms with van der Waals surface area (Å²) in [7, 11) is -3.75. The first kappa shape index (κ1) is 18.7.